The molecule has 1 aliphatic carbocycles. The molecule has 120 valence electrons. The number of rotatable bonds is 1. The maximum atomic E-state index is 12.6. The zero-order valence-electron chi connectivity index (χ0n) is 13.9. The normalized spacial score (nSPS) is 28.4. The van der Waals surface area contributed by atoms with Crippen molar-refractivity contribution in [3.8, 4) is 0 Å². The summed E-state index contributed by atoms with van der Waals surface area (Å²) < 4.78 is 0. The first kappa shape index (κ1) is 15.5. The number of hydrogen-bond acceptors (Lipinski definition) is 3. The monoisotopic (exact) mass is 301 g/mol. The Morgan fingerprint density at radius 1 is 1.36 bits per heavy atom. The number of carbonyl (C=O) groups excluding carboxylic acids is 1. The molecule has 3 N–H and O–H groups in total. The van der Waals surface area contributed by atoms with E-state index in [2.05, 4.69) is 37.1 Å². The van der Waals surface area contributed by atoms with Crippen LogP contribution in [0.2, 0.25) is 0 Å². The number of fused-ring (bicyclic) bond motifs is 1. The Balaban J connectivity index is 1.89. The molecular formula is C18H27N3O. The lowest BCUT2D eigenvalue weighted by molar-refractivity contribution is -0.128. The second-order valence-corrected chi connectivity index (χ2v) is 8.07. The predicted molar refractivity (Wildman–Crippen MR) is 88.7 cm³/mol. The predicted octanol–water partition coefficient (Wildman–Crippen LogP) is 3.01. The summed E-state index contributed by atoms with van der Waals surface area (Å²) in [6, 6.07) is 2.23. The van der Waals surface area contributed by atoms with Crippen molar-refractivity contribution in [2.24, 2.45) is 17.1 Å². The Hall–Kier alpha value is -1.42. The third-order valence-corrected chi connectivity index (χ3v) is 5.47. The van der Waals surface area contributed by atoms with Crippen LogP contribution in [0.3, 0.4) is 0 Å². The van der Waals surface area contributed by atoms with Crippen molar-refractivity contribution in [2.45, 2.75) is 58.3 Å². The van der Waals surface area contributed by atoms with Crippen LogP contribution in [0.1, 0.15) is 57.6 Å². The lowest BCUT2D eigenvalue weighted by atomic mass is 9.65. The van der Waals surface area contributed by atoms with Gasteiger partial charge < -0.3 is 11.1 Å². The molecule has 1 spiro atoms. The molecule has 4 nitrogen and oxygen atoms in total. The molecule has 1 aliphatic heterocycles. The summed E-state index contributed by atoms with van der Waals surface area (Å²) in [6.45, 7) is 7.32. The number of aromatic nitrogens is 1. The van der Waals surface area contributed by atoms with Crippen LogP contribution in [0.5, 0.6) is 0 Å². The van der Waals surface area contributed by atoms with E-state index in [-0.39, 0.29) is 16.7 Å². The molecule has 3 rings (SSSR count). The largest absolute Gasteiger partial charge is 0.330 e. The van der Waals surface area contributed by atoms with Gasteiger partial charge in [-0.3, -0.25) is 4.79 Å². The number of hydrogen-bond donors (Lipinski definition) is 2. The van der Waals surface area contributed by atoms with E-state index in [4.69, 9.17) is 5.73 Å². The summed E-state index contributed by atoms with van der Waals surface area (Å²) in [5.74, 6) is 1.50. The van der Waals surface area contributed by atoms with Gasteiger partial charge in [-0.2, -0.15) is 0 Å². The second kappa shape index (κ2) is 5.34. The van der Waals surface area contributed by atoms with Gasteiger partial charge in [0.25, 0.3) is 0 Å². The number of anilines is 1. The topological polar surface area (TPSA) is 68.0 Å². The standard InChI is InChI=1S/C18H27N3O/c1-17(2,3)14-8-13-9-18(6-4-12(10-19)5-7-18)16(22)21-15(13)20-11-14/h8,11-12H,4-7,9-10,19H2,1-3H3,(H,20,21,22). The van der Waals surface area contributed by atoms with Crippen LogP contribution in [-0.2, 0) is 16.6 Å². The van der Waals surface area contributed by atoms with Gasteiger partial charge in [-0.05, 0) is 61.1 Å². The zero-order chi connectivity index (χ0) is 16.0. The smallest absolute Gasteiger partial charge is 0.232 e. The maximum absolute atomic E-state index is 12.6. The van der Waals surface area contributed by atoms with Crippen molar-refractivity contribution in [3.05, 3.63) is 23.4 Å². The van der Waals surface area contributed by atoms with Gasteiger partial charge in [-0.15, -0.1) is 0 Å². The third-order valence-electron chi connectivity index (χ3n) is 5.47. The highest BCUT2D eigenvalue weighted by atomic mass is 16.2. The summed E-state index contributed by atoms with van der Waals surface area (Å²) in [5.41, 5.74) is 8.05. The number of amides is 1. The van der Waals surface area contributed by atoms with Gasteiger partial charge >= 0.3 is 0 Å². The molecule has 0 aromatic carbocycles. The van der Waals surface area contributed by atoms with Gasteiger partial charge in [-0.1, -0.05) is 26.8 Å². The minimum Gasteiger partial charge on any atom is -0.330 e. The highest BCUT2D eigenvalue weighted by Gasteiger charge is 2.45. The Bertz CT molecular complexity index is 580. The van der Waals surface area contributed by atoms with E-state index in [0.717, 1.165) is 44.5 Å². The molecule has 22 heavy (non-hydrogen) atoms. The van der Waals surface area contributed by atoms with Gasteiger partial charge in [0.05, 0.1) is 5.41 Å². The number of nitrogens with zero attached hydrogens (tertiary/aromatic N) is 1. The van der Waals surface area contributed by atoms with Crippen molar-refractivity contribution >= 4 is 11.7 Å². The van der Waals surface area contributed by atoms with E-state index in [0.29, 0.717) is 5.92 Å². The molecule has 0 saturated heterocycles. The summed E-state index contributed by atoms with van der Waals surface area (Å²) in [5, 5.41) is 3.05. The van der Waals surface area contributed by atoms with Gasteiger partial charge in [0.15, 0.2) is 0 Å². The molecule has 1 aromatic rings. The lowest BCUT2D eigenvalue weighted by Gasteiger charge is -2.41. The van der Waals surface area contributed by atoms with Crippen molar-refractivity contribution < 1.29 is 4.79 Å². The van der Waals surface area contributed by atoms with E-state index in [1.807, 2.05) is 6.20 Å². The SMILES string of the molecule is CC(C)(C)c1cnc2c(c1)CC1(CCC(CN)CC1)C(=O)N2. The van der Waals surface area contributed by atoms with Crippen LogP contribution in [-0.4, -0.2) is 17.4 Å². The average molecular weight is 301 g/mol. The zero-order valence-corrected chi connectivity index (χ0v) is 13.9. The van der Waals surface area contributed by atoms with Crippen LogP contribution in [0, 0.1) is 11.3 Å². The molecule has 0 radical (unpaired) electrons. The fourth-order valence-corrected chi connectivity index (χ4v) is 3.72. The Morgan fingerprint density at radius 2 is 2.05 bits per heavy atom. The average Bonchev–Trinajstić information content (AvgIpc) is 2.48. The number of nitrogens with one attached hydrogen (secondary N) is 1. The number of carbonyl (C=O) groups is 1. The fraction of sp³-hybridized carbons (Fsp3) is 0.667. The van der Waals surface area contributed by atoms with Crippen LogP contribution in [0.4, 0.5) is 5.82 Å². The van der Waals surface area contributed by atoms with Crippen LogP contribution >= 0.6 is 0 Å². The van der Waals surface area contributed by atoms with Crippen molar-refractivity contribution in [2.75, 3.05) is 11.9 Å². The highest BCUT2D eigenvalue weighted by molar-refractivity contribution is 5.97. The van der Waals surface area contributed by atoms with E-state index < -0.39 is 0 Å². The Morgan fingerprint density at radius 3 is 2.64 bits per heavy atom. The van der Waals surface area contributed by atoms with E-state index >= 15 is 0 Å². The van der Waals surface area contributed by atoms with E-state index in [1.165, 1.54) is 11.1 Å². The summed E-state index contributed by atoms with van der Waals surface area (Å²) in [4.78, 5) is 17.1. The lowest BCUT2D eigenvalue weighted by Crippen LogP contribution is -2.45. The van der Waals surface area contributed by atoms with Gasteiger partial charge in [0, 0.05) is 6.20 Å². The van der Waals surface area contributed by atoms with E-state index in [1.54, 1.807) is 0 Å². The van der Waals surface area contributed by atoms with Gasteiger partial charge in [0.1, 0.15) is 5.82 Å². The number of pyridine rings is 1. The van der Waals surface area contributed by atoms with E-state index in [9.17, 15) is 4.79 Å². The second-order valence-electron chi connectivity index (χ2n) is 8.07. The Labute approximate surface area is 132 Å². The molecule has 1 saturated carbocycles. The molecule has 2 heterocycles. The summed E-state index contributed by atoms with van der Waals surface area (Å²) >= 11 is 0. The molecular weight excluding hydrogens is 274 g/mol. The first-order valence-electron chi connectivity index (χ1n) is 8.35. The fourth-order valence-electron chi connectivity index (χ4n) is 3.72. The first-order chi connectivity index (χ1) is 10.3. The van der Waals surface area contributed by atoms with Crippen molar-refractivity contribution in [1.29, 1.82) is 0 Å². The first-order valence-corrected chi connectivity index (χ1v) is 8.35. The van der Waals surface area contributed by atoms with Crippen molar-refractivity contribution in [3.63, 3.8) is 0 Å². The Kier molecular flexibility index (Phi) is 3.76. The molecule has 0 bridgehead atoms. The minimum atomic E-state index is -0.239. The molecule has 2 aliphatic rings. The van der Waals surface area contributed by atoms with Crippen molar-refractivity contribution in [1.82, 2.24) is 4.98 Å². The molecule has 0 unspecified atom stereocenters. The van der Waals surface area contributed by atoms with Gasteiger partial charge in [-0.25, -0.2) is 4.98 Å². The molecule has 4 heteroatoms. The van der Waals surface area contributed by atoms with Crippen LogP contribution < -0.4 is 11.1 Å². The van der Waals surface area contributed by atoms with Crippen LogP contribution in [0.25, 0.3) is 0 Å². The highest BCUT2D eigenvalue weighted by Crippen LogP contribution is 2.45. The summed E-state index contributed by atoms with van der Waals surface area (Å²) in [7, 11) is 0. The molecule has 1 aromatic heterocycles. The maximum Gasteiger partial charge on any atom is 0.232 e. The quantitative estimate of drug-likeness (QED) is 0.838. The van der Waals surface area contributed by atoms with Gasteiger partial charge in [0.2, 0.25) is 5.91 Å². The number of nitrogens with two attached hydrogens (primary N) is 1. The minimum absolute atomic E-state index is 0.0772. The van der Waals surface area contributed by atoms with Crippen LogP contribution in [0.15, 0.2) is 12.3 Å². The summed E-state index contributed by atoms with van der Waals surface area (Å²) in [6.07, 6.45) is 6.72. The molecule has 1 amide bonds. The molecule has 1 fully saturated rings. The third kappa shape index (κ3) is 2.65. The molecule has 0 atom stereocenters.